The van der Waals surface area contributed by atoms with E-state index in [0.29, 0.717) is 18.8 Å². The predicted octanol–water partition coefficient (Wildman–Crippen LogP) is 2.32. The Labute approximate surface area is 128 Å². The SMILES string of the molecule is CC(=O)N1CC(c2cc[nH]c2C(=O)OCc2ccccc2)C1. The molecule has 1 aliphatic heterocycles. The number of aromatic amines is 1. The summed E-state index contributed by atoms with van der Waals surface area (Å²) in [4.78, 5) is 28.2. The molecule has 0 aliphatic carbocycles. The van der Waals surface area contributed by atoms with Crippen molar-refractivity contribution in [3.8, 4) is 0 Å². The number of rotatable bonds is 4. The van der Waals surface area contributed by atoms with E-state index in [0.717, 1.165) is 11.1 Å². The van der Waals surface area contributed by atoms with Crippen molar-refractivity contribution in [2.24, 2.45) is 0 Å². The highest BCUT2D eigenvalue weighted by atomic mass is 16.5. The summed E-state index contributed by atoms with van der Waals surface area (Å²) in [6.45, 7) is 3.13. The molecule has 114 valence electrons. The number of hydrogen-bond acceptors (Lipinski definition) is 3. The normalized spacial score (nSPS) is 14.5. The minimum atomic E-state index is -0.356. The van der Waals surface area contributed by atoms with Gasteiger partial charge in [-0.1, -0.05) is 30.3 Å². The molecule has 1 fully saturated rings. The van der Waals surface area contributed by atoms with Gasteiger partial charge in [-0.25, -0.2) is 4.79 Å². The first kappa shape index (κ1) is 14.4. The van der Waals surface area contributed by atoms with Crippen molar-refractivity contribution >= 4 is 11.9 Å². The molecule has 1 N–H and O–H groups in total. The lowest BCUT2D eigenvalue weighted by molar-refractivity contribution is -0.133. The number of nitrogens with one attached hydrogen (secondary N) is 1. The third kappa shape index (κ3) is 2.88. The zero-order valence-corrected chi connectivity index (χ0v) is 12.4. The number of amides is 1. The fourth-order valence-electron chi connectivity index (χ4n) is 2.63. The summed E-state index contributed by atoms with van der Waals surface area (Å²) < 4.78 is 5.36. The average molecular weight is 298 g/mol. The molecular weight excluding hydrogens is 280 g/mol. The van der Waals surface area contributed by atoms with Crippen molar-refractivity contribution in [3.05, 3.63) is 59.4 Å². The van der Waals surface area contributed by atoms with Crippen LogP contribution in [0.25, 0.3) is 0 Å². The van der Waals surface area contributed by atoms with E-state index in [2.05, 4.69) is 4.98 Å². The Morgan fingerprint density at radius 1 is 1.23 bits per heavy atom. The quantitative estimate of drug-likeness (QED) is 0.881. The number of nitrogens with zero attached hydrogens (tertiary/aromatic N) is 1. The monoisotopic (exact) mass is 298 g/mol. The van der Waals surface area contributed by atoms with Crippen LogP contribution in [0.3, 0.4) is 0 Å². The molecule has 1 aromatic heterocycles. The van der Waals surface area contributed by atoms with E-state index in [1.807, 2.05) is 36.4 Å². The van der Waals surface area contributed by atoms with Crippen LogP contribution in [-0.2, 0) is 16.1 Å². The third-order valence-electron chi connectivity index (χ3n) is 3.96. The van der Waals surface area contributed by atoms with Gasteiger partial charge in [-0.15, -0.1) is 0 Å². The Morgan fingerprint density at radius 3 is 2.64 bits per heavy atom. The van der Waals surface area contributed by atoms with Crippen molar-refractivity contribution in [1.82, 2.24) is 9.88 Å². The Hall–Kier alpha value is -2.56. The fraction of sp³-hybridized carbons (Fsp3) is 0.294. The number of carbonyl (C=O) groups excluding carboxylic acids is 2. The highest BCUT2D eigenvalue weighted by Gasteiger charge is 2.33. The maximum absolute atomic E-state index is 12.2. The maximum Gasteiger partial charge on any atom is 0.355 e. The van der Waals surface area contributed by atoms with Crippen molar-refractivity contribution in [2.75, 3.05) is 13.1 Å². The van der Waals surface area contributed by atoms with Crippen LogP contribution >= 0.6 is 0 Å². The van der Waals surface area contributed by atoms with Crippen molar-refractivity contribution in [1.29, 1.82) is 0 Å². The molecular formula is C17H18N2O3. The first-order chi connectivity index (χ1) is 10.6. The van der Waals surface area contributed by atoms with Gasteiger partial charge in [0.2, 0.25) is 5.91 Å². The molecule has 3 rings (SSSR count). The predicted molar refractivity (Wildman–Crippen MR) is 81.3 cm³/mol. The van der Waals surface area contributed by atoms with Gasteiger partial charge in [0.1, 0.15) is 12.3 Å². The second-order valence-electron chi connectivity index (χ2n) is 5.49. The number of carbonyl (C=O) groups is 2. The Morgan fingerprint density at radius 2 is 1.95 bits per heavy atom. The van der Waals surface area contributed by atoms with Crippen LogP contribution in [0, 0.1) is 0 Å². The number of esters is 1. The fourth-order valence-corrected chi connectivity index (χ4v) is 2.63. The van der Waals surface area contributed by atoms with Crippen LogP contribution in [0.1, 0.15) is 34.5 Å². The summed E-state index contributed by atoms with van der Waals surface area (Å²) in [5.74, 6) is -0.0838. The third-order valence-corrected chi connectivity index (χ3v) is 3.96. The molecule has 0 atom stereocenters. The zero-order valence-electron chi connectivity index (χ0n) is 12.4. The van der Waals surface area contributed by atoms with E-state index in [1.54, 1.807) is 18.0 Å². The lowest BCUT2D eigenvalue weighted by atomic mass is 9.91. The molecule has 5 heteroatoms. The lowest BCUT2D eigenvalue weighted by Gasteiger charge is -2.38. The second kappa shape index (κ2) is 6.05. The number of benzene rings is 1. The number of hydrogen-bond donors (Lipinski definition) is 1. The summed E-state index contributed by atoms with van der Waals surface area (Å²) in [5, 5.41) is 0. The minimum absolute atomic E-state index is 0.0694. The average Bonchev–Trinajstić information content (AvgIpc) is 2.93. The molecule has 0 unspecified atom stereocenters. The van der Waals surface area contributed by atoms with Gasteiger partial charge in [0.15, 0.2) is 0 Å². The van der Waals surface area contributed by atoms with E-state index in [-0.39, 0.29) is 24.4 Å². The Kier molecular flexibility index (Phi) is 3.96. The van der Waals surface area contributed by atoms with E-state index in [4.69, 9.17) is 4.74 Å². The van der Waals surface area contributed by atoms with Gasteiger partial charge in [-0.3, -0.25) is 4.79 Å². The molecule has 5 nitrogen and oxygen atoms in total. The van der Waals surface area contributed by atoms with E-state index in [1.165, 1.54) is 0 Å². The topological polar surface area (TPSA) is 62.4 Å². The summed E-state index contributed by atoms with van der Waals surface area (Å²) in [6, 6.07) is 11.5. The number of H-pyrrole nitrogens is 1. The van der Waals surface area contributed by atoms with Gasteiger partial charge in [-0.2, -0.15) is 0 Å². The number of aromatic nitrogens is 1. The lowest BCUT2D eigenvalue weighted by Crippen LogP contribution is -2.47. The smallest absolute Gasteiger partial charge is 0.355 e. The molecule has 1 aliphatic rings. The van der Waals surface area contributed by atoms with Gasteiger partial charge in [0, 0.05) is 32.1 Å². The molecule has 2 aromatic rings. The minimum Gasteiger partial charge on any atom is -0.456 e. The van der Waals surface area contributed by atoms with Gasteiger partial charge < -0.3 is 14.6 Å². The number of likely N-dealkylation sites (tertiary alicyclic amines) is 1. The highest BCUT2D eigenvalue weighted by Crippen LogP contribution is 2.29. The zero-order chi connectivity index (χ0) is 15.5. The molecule has 2 heterocycles. The highest BCUT2D eigenvalue weighted by molar-refractivity contribution is 5.89. The standard InChI is InChI=1S/C17H18N2O3/c1-12(20)19-9-14(10-19)15-7-8-18-16(15)17(21)22-11-13-5-3-2-4-6-13/h2-8,14,18H,9-11H2,1H3. The van der Waals surface area contributed by atoms with E-state index in [9.17, 15) is 9.59 Å². The van der Waals surface area contributed by atoms with Crippen LogP contribution < -0.4 is 0 Å². The van der Waals surface area contributed by atoms with Gasteiger partial charge in [-0.05, 0) is 17.2 Å². The molecule has 1 amide bonds. The van der Waals surface area contributed by atoms with E-state index < -0.39 is 0 Å². The van der Waals surface area contributed by atoms with E-state index >= 15 is 0 Å². The van der Waals surface area contributed by atoms with Gasteiger partial charge >= 0.3 is 5.97 Å². The van der Waals surface area contributed by atoms with Gasteiger partial charge in [0.25, 0.3) is 0 Å². The number of ether oxygens (including phenoxy) is 1. The van der Waals surface area contributed by atoms with Gasteiger partial charge in [0.05, 0.1) is 0 Å². The Bertz CT molecular complexity index is 672. The molecule has 22 heavy (non-hydrogen) atoms. The van der Waals surface area contributed by atoms with Crippen molar-refractivity contribution in [3.63, 3.8) is 0 Å². The molecule has 0 saturated carbocycles. The molecule has 0 spiro atoms. The second-order valence-corrected chi connectivity index (χ2v) is 5.49. The van der Waals surface area contributed by atoms with Crippen LogP contribution in [0.15, 0.2) is 42.6 Å². The summed E-state index contributed by atoms with van der Waals surface area (Å²) in [5.41, 5.74) is 2.37. The molecule has 0 bridgehead atoms. The first-order valence-corrected chi connectivity index (χ1v) is 7.29. The van der Waals surface area contributed by atoms with Crippen LogP contribution in [0.5, 0.6) is 0 Å². The first-order valence-electron chi connectivity index (χ1n) is 7.29. The van der Waals surface area contributed by atoms with Crippen LogP contribution in [0.4, 0.5) is 0 Å². The van der Waals surface area contributed by atoms with Crippen LogP contribution in [0.2, 0.25) is 0 Å². The Balaban J connectivity index is 1.62. The van der Waals surface area contributed by atoms with Crippen molar-refractivity contribution < 1.29 is 14.3 Å². The summed E-state index contributed by atoms with van der Waals surface area (Å²) in [6.07, 6.45) is 1.74. The maximum atomic E-state index is 12.2. The van der Waals surface area contributed by atoms with Crippen LogP contribution in [-0.4, -0.2) is 34.8 Å². The molecule has 1 saturated heterocycles. The molecule has 0 radical (unpaired) electrons. The van der Waals surface area contributed by atoms with Crippen molar-refractivity contribution in [2.45, 2.75) is 19.4 Å². The summed E-state index contributed by atoms with van der Waals surface area (Å²) >= 11 is 0. The largest absolute Gasteiger partial charge is 0.456 e. The molecule has 1 aromatic carbocycles. The summed E-state index contributed by atoms with van der Waals surface area (Å²) in [7, 11) is 0.